The van der Waals surface area contributed by atoms with Crippen LogP contribution in [0.5, 0.6) is 0 Å². The monoisotopic (exact) mass is 454 g/mol. The van der Waals surface area contributed by atoms with E-state index in [1.54, 1.807) is 0 Å². The van der Waals surface area contributed by atoms with Crippen LogP contribution in [0.3, 0.4) is 0 Å². The Morgan fingerprint density at radius 1 is 0.840 bits per heavy atom. The van der Waals surface area contributed by atoms with Gasteiger partial charge in [0.15, 0.2) is 0 Å². The molecule has 0 N–H and O–H groups in total. The number of carbonyl (C=O) groups excluding carboxylic acids is 2. The van der Waals surface area contributed by atoms with Gasteiger partial charge in [-0.25, -0.2) is 0 Å². The molecule has 1 aromatic carbocycles. The molecule has 0 saturated heterocycles. The van der Waals surface area contributed by atoms with Gasteiger partial charge >= 0.3 is 156 Å². The second-order valence-corrected chi connectivity index (χ2v) is 11.2. The zero-order chi connectivity index (χ0) is 17.3. The van der Waals surface area contributed by atoms with Crippen molar-refractivity contribution < 1.29 is 15.7 Å². The Balaban J connectivity index is 1.72. The van der Waals surface area contributed by atoms with Crippen LogP contribution in [0.1, 0.15) is 98.3 Å². The molecule has 134 valence electrons. The Labute approximate surface area is 156 Å². The quantitative estimate of drug-likeness (QED) is 0.600. The summed E-state index contributed by atoms with van der Waals surface area (Å²) in [5, 5.41) is 0. The molecule has 0 aliphatic heterocycles. The van der Waals surface area contributed by atoms with Gasteiger partial charge in [0.1, 0.15) is 0 Å². The first-order chi connectivity index (χ1) is 12.0. The van der Waals surface area contributed by atoms with Crippen molar-refractivity contribution in [1.82, 2.24) is 0 Å². The molecule has 0 aromatic heterocycles. The summed E-state index contributed by atoms with van der Waals surface area (Å²) in [5.41, 5.74) is 5.80. The summed E-state index contributed by atoms with van der Waals surface area (Å²) in [6.45, 7) is 2.85. The summed E-state index contributed by atoms with van der Waals surface area (Å²) in [4.78, 5) is 23.5. The Bertz CT molecular complexity index is 726. The summed E-state index contributed by atoms with van der Waals surface area (Å²) in [6.07, 6.45) is 7.46. The Kier molecular flexibility index (Phi) is 3.67. The van der Waals surface area contributed by atoms with Crippen LogP contribution in [0.4, 0.5) is 0 Å². The number of hydrogen-bond donors (Lipinski definition) is 0. The molecular weight excluding hydrogens is 431 g/mol. The summed E-state index contributed by atoms with van der Waals surface area (Å²) < 4.78 is 12.6. The van der Waals surface area contributed by atoms with Crippen molar-refractivity contribution in [3.8, 4) is 0 Å². The molecule has 4 bridgehead atoms. The average Bonchev–Trinajstić information content (AvgIpc) is 3.31. The Morgan fingerprint density at radius 3 is 1.72 bits per heavy atom. The van der Waals surface area contributed by atoms with Gasteiger partial charge in [-0.3, -0.25) is 0 Å². The SMILES string of the molecule is CC(=O)OI(OC(C)=O)c1c2c(cc3c1[C@H]1CC[C@@H]3C1)[C@@H]1CC[C@H]2C1. The van der Waals surface area contributed by atoms with Crippen LogP contribution in [-0.4, -0.2) is 11.9 Å². The van der Waals surface area contributed by atoms with Crippen LogP contribution in [0, 0.1) is 3.57 Å². The summed E-state index contributed by atoms with van der Waals surface area (Å²) in [6, 6.07) is 2.48. The number of halogens is 1. The standard InChI is InChI=1S/C20H23IO4/c1-10(22)24-21(25-11(2)23)20-18-14-5-3-12(7-14)16(18)9-17-13-4-6-15(8-13)19(17)20/h9,12-15H,3-8H2,1-2H3/t12-,13-,14+,15+/m1/s1. The molecule has 0 spiro atoms. The van der Waals surface area contributed by atoms with E-state index in [0.717, 1.165) is 0 Å². The number of benzene rings is 1. The minimum absolute atomic E-state index is 0.330. The van der Waals surface area contributed by atoms with Crippen LogP contribution >= 0.6 is 20.6 Å². The summed E-state index contributed by atoms with van der Waals surface area (Å²) in [7, 11) is 0. The number of hydrogen-bond acceptors (Lipinski definition) is 4. The van der Waals surface area contributed by atoms with Crippen molar-refractivity contribution in [2.45, 2.75) is 76.0 Å². The van der Waals surface area contributed by atoms with Gasteiger partial charge in [0.05, 0.1) is 0 Å². The normalized spacial score (nSPS) is 30.9. The van der Waals surface area contributed by atoms with Gasteiger partial charge in [-0.05, 0) is 0 Å². The van der Waals surface area contributed by atoms with Crippen LogP contribution in [-0.2, 0) is 15.7 Å². The average molecular weight is 454 g/mol. The van der Waals surface area contributed by atoms with Gasteiger partial charge in [-0.1, -0.05) is 0 Å². The number of fused-ring (bicyclic) bond motifs is 10. The molecule has 0 radical (unpaired) electrons. The fourth-order valence-electron chi connectivity index (χ4n) is 5.74. The molecule has 0 unspecified atom stereocenters. The van der Waals surface area contributed by atoms with Gasteiger partial charge in [0, 0.05) is 0 Å². The van der Waals surface area contributed by atoms with Crippen molar-refractivity contribution in [2.24, 2.45) is 0 Å². The third-order valence-corrected chi connectivity index (χ3v) is 10.6. The third-order valence-electron chi connectivity index (χ3n) is 6.48. The maximum atomic E-state index is 11.8. The first kappa shape index (κ1) is 16.1. The maximum absolute atomic E-state index is 11.8. The fraction of sp³-hybridized carbons (Fsp3) is 0.600. The van der Waals surface area contributed by atoms with Crippen molar-refractivity contribution in [3.63, 3.8) is 0 Å². The van der Waals surface area contributed by atoms with Crippen LogP contribution < -0.4 is 0 Å². The third kappa shape index (κ3) is 2.37. The zero-order valence-corrected chi connectivity index (χ0v) is 16.8. The molecule has 4 aliphatic carbocycles. The van der Waals surface area contributed by atoms with E-state index in [2.05, 4.69) is 6.07 Å². The Hall–Kier alpha value is -1.11. The summed E-state index contributed by atoms with van der Waals surface area (Å²) in [5.74, 6) is 1.81. The molecule has 0 heterocycles. The predicted octanol–water partition coefficient (Wildman–Crippen LogP) is 5.05. The van der Waals surface area contributed by atoms with Gasteiger partial charge < -0.3 is 0 Å². The van der Waals surface area contributed by atoms with E-state index in [0.29, 0.717) is 23.7 Å². The van der Waals surface area contributed by atoms with Crippen molar-refractivity contribution in [1.29, 1.82) is 0 Å². The van der Waals surface area contributed by atoms with Gasteiger partial charge in [-0.2, -0.15) is 0 Å². The van der Waals surface area contributed by atoms with Crippen molar-refractivity contribution in [3.05, 3.63) is 31.9 Å². The fourth-order valence-corrected chi connectivity index (χ4v) is 9.85. The molecule has 2 saturated carbocycles. The van der Waals surface area contributed by atoms with E-state index in [9.17, 15) is 9.59 Å². The molecule has 4 aliphatic rings. The van der Waals surface area contributed by atoms with E-state index in [1.807, 2.05) is 0 Å². The topological polar surface area (TPSA) is 52.6 Å². The molecule has 1 aromatic rings. The van der Waals surface area contributed by atoms with Gasteiger partial charge in [0.25, 0.3) is 0 Å². The second kappa shape index (κ2) is 5.69. The van der Waals surface area contributed by atoms with E-state index >= 15 is 0 Å². The minimum atomic E-state index is -2.78. The molecule has 4 nitrogen and oxygen atoms in total. The van der Waals surface area contributed by atoms with Gasteiger partial charge in [-0.15, -0.1) is 0 Å². The van der Waals surface area contributed by atoms with Crippen LogP contribution in [0.25, 0.3) is 0 Å². The van der Waals surface area contributed by atoms with Crippen LogP contribution in [0.2, 0.25) is 0 Å². The Morgan fingerprint density at radius 2 is 1.28 bits per heavy atom. The first-order valence-corrected chi connectivity index (χ1v) is 12.2. The van der Waals surface area contributed by atoms with Crippen LogP contribution in [0.15, 0.2) is 6.07 Å². The van der Waals surface area contributed by atoms with E-state index in [1.165, 1.54) is 78.2 Å². The second-order valence-electron chi connectivity index (χ2n) is 7.96. The van der Waals surface area contributed by atoms with E-state index in [-0.39, 0.29) is 11.9 Å². The molecule has 0 amide bonds. The van der Waals surface area contributed by atoms with Crippen molar-refractivity contribution in [2.75, 3.05) is 0 Å². The molecule has 4 atom stereocenters. The van der Waals surface area contributed by atoms with E-state index in [4.69, 9.17) is 6.13 Å². The molecule has 5 heteroatoms. The first-order valence-electron chi connectivity index (χ1n) is 9.31. The predicted molar refractivity (Wildman–Crippen MR) is 101 cm³/mol. The van der Waals surface area contributed by atoms with Crippen molar-refractivity contribution >= 4 is 32.6 Å². The van der Waals surface area contributed by atoms with E-state index < -0.39 is 20.6 Å². The zero-order valence-electron chi connectivity index (χ0n) is 14.6. The molecule has 2 fully saturated rings. The number of carbonyl (C=O) groups is 2. The molecular formula is C20H23IO4. The molecule has 5 rings (SSSR count). The molecule has 25 heavy (non-hydrogen) atoms. The summed E-state index contributed by atoms with van der Waals surface area (Å²) >= 11 is -2.78. The van der Waals surface area contributed by atoms with Gasteiger partial charge in [0.2, 0.25) is 0 Å². The number of rotatable bonds is 3.